The Balaban J connectivity index is 2.17. The van der Waals surface area contributed by atoms with E-state index in [1.807, 2.05) is 24.3 Å². The summed E-state index contributed by atoms with van der Waals surface area (Å²) >= 11 is 0. The van der Waals surface area contributed by atoms with Crippen LogP contribution in [0.5, 0.6) is 0 Å². The van der Waals surface area contributed by atoms with Crippen LogP contribution in [0.3, 0.4) is 0 Å². The Morgan fingerprint density at radius 3 is 2.32 bits per heavy atom. The van der Waals surface area contributed by atoms with Crippen LogP contribution in [0.4, 0.5) is 10.5 Å². The fourth-order valence-electron chi connectivity index (χ4n) is 2.11. The summed E-state index contributed by atoms with van der Waals surface area (Å²) in [5.74, 6) is 0.814. The molecule has 0 radical (unpaired) electrons. The van der Waals surface area contributed by atoms with Gasteiger partial charge in [-0.15, -0.1) is 0 Å². The minimum Gasteiger partial charge on any atom is -0.465 e. The third-order valence-corrected chi connectivity index (χ3v) is 3.20. The van der Waals surface area contributed by atoms with E-state index in [9.17, 15) is 4.79 Å². The van der Waals surface area contributed by atoms with Gasteiger partial charge in [-0.3, -0.25) is 5.32 Å². The summed E-state index contributed by atoms with van der Waals surface area (Å²) in [5.41, 5.74) is 1.91. The molecule has 2 N–H and O–H groups in total. The average Bonchev–Trinajstić information content (AvgIpc) is 2.34. The molecule has 1 rings (SSSR count). The largest absolute Gasteiger partial charge is 0.465 e. The maximum atomic E-state index is 10.5. The zero-order valence-electron chi connectivity index (χ0n) is 12.0. The number of carboxylic acid groups (broad SMARTS) is 1. The smallest absolute Gasteiger partial charge is 0.409 e. The van der Waals surface area contributed by atoms with Crippen molar-refractivity contribution < 1.29 is 9.90 Å². The van der Waals surface area contributed by atoms with E-state index < -0.39 is 6.09 Å². The highest BCUT2D eigenvalue weighted by Gasteiger charge is 1.99. The van der Waals surface area contributed by atoms with E-state index in [2.05, 4.69) is 19.2 Å². The van der Waals surface area contributed by atoms with Crippen LogP contribution in [0.1, 0.15) is 51.5 Å². The molecule has 3 nitrogen and oxygen atoms in total. The summed E-state index contributed by atoms with van der Waals surface area (Å²) in [4.78, 5) is 10.5. The van der Waals surface area contributed by atoms with Gasteiger partial charge in [0.2, 0.25) is 0 Å². The molecule has 1 amide bonds. The standard InChI is InChI=1S/C16H25NO2/c1-13(2)7-5-3-4-6-8-14-9-11-15(12-10-14)17-16(18)19/h9-13,17H,3-8H2,1-2H3,(H,18,19). The lowest BCUT2D eigenvalue weighted by Crippen LogP contribution is -2.06. The van der Waals surface area contributed by atoms with Crippen LogP contribution < -0.4 is 5.32 Å². The Morgan fingerprint density at radius 2 is 1.74 bits per heavy atom. The predicted octanol–water partition coefficient (Wildman–Crippen LogP) is 4.93. The molecule has 1 aromatic rings. The van der Waals surface area contributed by atoms with E-state index in [1.165, 1.54) is 37.7 Å². The molecule has 0 saturated heterocycles. The number of unbranched alkanes of at least 4 members (excludes halogenated alkanes) is 3. The van der Waals surface area contributed by atoms with Gasteiger partial charge in [0.25, 0.3) is 0 Å². The van der Waals surface area contributed by atoms with Crippen molar-refractivity contribution in [2.75, 3.05) is 5.32 Å². The first-order chi connectivity index (χ1) is 9.08. The number of nitrogens with one attached hydrogen (secondary N) is 1. The second-order valence-electron chi connectivity index (χ2n) is 5.47. The van der Waals surface area contributed by atoms with Crippen molar-refractivity contribution in [1.29, 1.82) is 0 Å². The molecule has 0 heterocycles. The molecule has 0 aliphatic rings. The number of rotatable bonds is 8. The maximum Gasteiger partial charge on any atom is 0.409 e. The second kappa shape index (κ2) is 8.57. The van der Waals surface area contributed by atoms with Gasteiger partial charge < -0.3 is 5.11 Å². The molecule has 0 bridgehead atoms. The molecule has 106 valence electrons. The zero-order chi connectivity index (χ0) is 14.1. The van der Waals surface area contributed by atoms with Crippen molar-refractivity contribution >= 4 is 11.8 Å². The van der Waals surface area contributed by atoms with Crippen molar-refractivity contribution in [3.63, 3.8) is 0 Å². The molecule has 1 aromatic carbocycles. The molecular formula is C16H25NO2. The molecule has 0 spiro atoms. The number of anilines is 1. The van der Waals surface area contributed by atoms with Gasteiger partial charge >= 0.3 is 6.09 Å². The molecule has 19 heavy (non-hydrogen) atoms. The summed E-state index contributed by atoms with van der Waals surface area (Å²) in [6.07, 6.45) is 6.53. The van der Waals surface area contributed by atoms with Gasteiger partial charge in [0.05, 0.1) is 0 Å². The number of carbonyl (C=O) groups is 1. The van der Waals surface area contributed by atoms with E-state index in [0.29, 0.717) is 5.69 Å². The van der Waals surface area contributed by atoms with E-state index in [-0.39, 0.29) is 0 Å². The SMILES string of the molecule is CC(C)CCCCCCc1ccc(NC(=O)O)cc1. The van der Waals surface area contributed by atoms with E-state index >= 15 is 0 Å². The average molecular weight is 263 g/mol. The second-order valence-corrected chi connectivity index (χ2v) is 5.47. The minimum absolute atomic E-state index is 0.633. The van der Waals surface area contributed by atoms with Gasteiger partial charge in [-0.1, -0.05) is 51.7 Å². The van der Waals surface area contributed by atoms with Crippen molar-refractivity contribution in [3.05, 3.63) is 29.8 Å². The van der Waals surface area contributed by atoms with Crippen LogP contribution in [0.25, 0.3) is 0 Å². The highest BCUT2D eigenvalue weighted by Crippen LogP contribution is 2.14. The highest BCUT2D eigenvalue weighted by molar-refractivity contribution is 5.82. The predicted molar refractivity (Wildman–Crippen MR) is 79.7 cm³/mol. The molecule has 3 heteroatoms. The Bertz CT molecular complexity index is 371. The van der Waals surface area contributed by atoms with Crippen LogP contribution >= 0.6 is 0 Å². The molecular weight excluding hydrogens is 238 g/mol. The first kappa shape index (κ1) is 15.5. The number of benzene rings is 1. The first-order valence-electron chi connectivity index (χ1n) is 7.17. The van der Waals surface area contributed by atoms with Crippen LogP contribution in [-0.2, 0) is 6.42 Å². The molecule has 0 unspecified atom stereocenters. The summed E-state index contributed by atoms with van der Waals surface area (Å²) in [7, 11) is 0. The Morgan fingerprint density at radius 1 is 1.11 bits per heavy atom. The number of hydrogen-bond acceptors (Lipinski definition) is 1. The van der Waals surface area contributed by atoms with Crippen LogP contribution in [-0.4, -0.2) is 11.2 Å². The van der Waals surface area contributed by atoms with Crippen molar-refractivity contribution in [3.8, 4) is 0 Å². The quantitative estimate of drug-likeness (QED) is 0.654. The lowest BCUT2D eigenvalue weighted by Gasteiger charge is -2.05. The van der Waals surface area contributed by atoms with Gasteiger partial charge in [-0.05, 0) is 36.5 Å². The summed E-state index contributed by atoms with van der Waals surface area (Å²) in [6, 6.07) is 7.64. The highest BCUT2D eigenvalue weighted by atomic mass is 16.4. The van der Waals surface area contributed by atoms with Crippen molar-refractivity contribution in [2.24, 2.45) is 5.92 Å². The molecule has 0 aliphatic heterocycles. The zero-order valence-corrected chi connectivity index (χ0v) is 12.0. The lowest BCUT2D eigenvalue weighted by atomic mass is 10.0. The van der Waals surface area contributed by atoms with E-state index in [1.54, 1.807) is 0 Å². The first-order valence-corrected chi connectivity index (χ1v) is 7.17. The normalized spacial score (nSPS) is 10.7. The Kier molecular flexibility index (Phi) is 7.01. The summed E-state index contributed by atoms with van der Waals surface area (Å²) < 4.78 is 0. The molecule has 0 aromatic heterocycles. The van der Waals surface area contributed by atoms with Crippen molar-refractivity contribution in [2.45, 2.75) is 52.4 Å². The van der Waals surface area contributed by atoms with Gasteiger partial charge in [0.15, 0.2) is 0 Å². The number of hydrogen-bond donors (Lipinski definition) is 2. The van der Waals surface area contributed by atoms with Gasteiger partial charge in [-0.25, -0.2) is 4.79 Å². The summed E-state index contributed by atoms with van der Waals surface area (Å²) in [5, 5.41) is 10.9. The van der Waals surface area contributed by atoms with Crippen LogP contribution in [0, 0.1) is 5.92 Å². The third kappa shape index (κ3) is 7.50. The summed E-state index contributed by atoms with van der Waals surface area (Å²) in [6.45, 7) is 4.54. The third-order valence-electron chi connectivity index (χ3n) is 3.20. The fraction of sp³-hybridized carbons (Fsp3) is 0.562. The molecule has 0 fully saturated rings. The van der Waals surface area contributed by atoms with Crippen molar-refractivity contribution in [1.82, 2.24) is 0 Å². The molecule has 0 aliphatic carbocycles. The van der Waals surface area contributed by atoms with E-state index in [4.69, 9.17) is 5.11 Å². The maximum absolute atomic E-state index is 10.5. The lowest BCUT2D eigenvalue weighted by molar-refractivity contribution is 0.210. The van der Waals surface area contributed by atoms with Gasteiger partial charge in [0.1, 0.15) is 0 Å². The number of amides is 1. The Hall–Kier alpha value is -1.51. The molecule has 0 atom stereocenters. The monoisotopic (exact) mass is 263 g/mol. The van der Waals surface area contributed by atoms with Crippen LogP contribution in [0.2, 0.25) is 0 Å². The van der Waals surface area contributed by atoms with E-state index in [0.717, 1.165) is 12.3 Å². The topological polar surface area (TPSA) is 49.3 Å². The molecule has 0 saturated carbocycles. The fourth-order valence-corrected chi connectivity index (χ4v) is 2.11. The minimum atomic E-state index is -1.02. The van der Waals surface area contributed by atoms with Gasteiger partial charge in [-0.2, -0.15) is 0 Å². The van der Waals surface area contributed by atoms with Gasteiger partial charge in [0, 0.05) is 5.69 Å². The number of aryl methyl sites for hydroxylation is 1. The Labute approximate surface area is 116 Å². The van der Waals surface area contributed by atoms with Crippen LogP contribution in [0.15, 0.2) is 24.3 Å².